The van der Waals surface area contributed by atoms with Crippen LogP contribution in [0.5, 0.6) is 0 Å². The van der Waals surface area contributed by atoms with E-state index in [-0.39, 0.29) is 12.2 Å². The summed E-state index contributed by atoms with van der Waals surface area (Å²) >= 11 is 1.74. The van der Waals surface area contributed by atoms with Gasteiger partial charge in [0.25, 0.3) is 12.0 Å². The van der Waals surface area contributed by atoms with Crippen LogP contribution in [0.25, 0.3) is 0 Å². The third-order valence-corrected chi connectivity index (χ3v) is 2.43. The molecule has 3 nitrogen and oxygen atoms in total. The zero-order valence-electron chi connectivity index (χ0n) is 6.48. The molecule has 1 aromatic heterocycles. The summed E-state index contributed by atoms with van der Waals surface area (Å²) in [5, 5.41) is 0. The highest BCUT2D eigenvalue weighted by atomic mass is 127. The lowest BCUT2D eigenvalue weighted by Gasteiger charge is -2.04. The number of pyridine rings is 1. The van der Waals surface area contributed by atoms with Crippen LogP contribution in [-0.4, -0.2) is 4.98 Å². The van der Waals surface area contributed by atoms with Crippen LogP contribution in [0.4, 0.5) is 8.78 Å². The van der Waals surface area contributed by atoms with Crippen LogP contribution in [-0.2, 0) is 6.54 Å². The molecule has 0 aliphatic rings. The van der Waals surface area contributed by atoms with E-state index in [0.29, 0.717) is 9.13 Å². The highest BCUT2D eigenvalue weighted by Crippen LogP contribution is 2.21. The third-order valence-electron chi connectivity index (χ3n) is 1.54. The third kappa shape index (κ3) is 2.25. The molecule has 0 fully saturated rings. The molecule has 1 heterocycles. The minimum Gasteiger partial charge on any atom is -0.326 e. The Morgan fingerprint density at radius 2 is 2.23 bits per heavy atom. The van der Waals surface area contributed by atoms with Crippen LogP contribution in [0, 0.1) is 3.57 Å². The van der Waals surface area contributed by atoms with Crippen molar-refractivity contribution in [3.63, 3.8) is 0 Å². The van der Waals surface area contributed by atoms with Gasteiger partial charge in [0.05, 0.1) is 5.69 Å². The second-order valence-electron chi connectivity index (χ2n) is 2.39. The van der Waals surface area contributed by atoms with Gasteiger partial charge in [-0.15, -0.1) is 0 Å². The Morgan fingerprint density at radius 1 is 1.62 bits per heavy atom. The lowest BCUT2D eigenvalue weighted by atomic mass is 10.2. The molecule has 0 atom stereocenters. The van der Waals surface area contributed by atoms with E-state index >= 15 is 0 Å². The number of H-pyrrole nitrogens is 1. The number of rotatable bonds is 2. The monoisotopic (exact) mass is 300 g/mol. The first-order valence-corrected chi connectivity index (χ1v) is 4.54. The molecule has 1 aromatic rings. The topological polar surface area (TPSA) is 58.9 Å². The van der Waals surface area contributed by atoms with E-state index in [4.69, 9.17) is 5.73 Å². The molecular formula is C7H7F2IN2O. The average molecular weight is 300 g/mol. The largest absolute Gasteiger partial charge is 0.326 e. The molecule has 1 rings (SSSR count). The van der Waals surface area contributed by atoms with E-state index in [1.807, 2.05) is 0 Å². The first kappa shape index (κ1) is 10.6. The van der Waals surface area contributed by atoms with Crippen LogP contribution in [0.1, 0.15) is 17.7 Å². The summed E-state index contributed by atoms with van der Waals surface area (Å²) in [6, 6.07) is 1.38. The summed E-state index contributed by atoms with van der Waals surface area (Å²) in [4.78, 5) is 13.2. The molecule has 0 radical (unpaired) electrons. The number of halogens is 3. The summed E-state index contributed by atoms with van der Waals surface area (Å²) < 4.78 is 24.8. The van der Waals surface area contributed by atoms with Crippen molar-refractivity contribution >= 4 is 22.6 Å². The Hall–Kier alpha value is -0.500. The molecular weight excluding hydrogens is 293 g/mol. The number of aromatic amines is 1. The van der Waals surface area contributed by atoms with E-state index in [1.54, 1.807) is 22.6 Å². The Bertz CT molecular complexity index is 364. The lowest BCUT2D eigenvalue weighted by molar-refractivity contribution is 0.144. The molecule has 72 valence electrons. The van der Waals surface area contributed by atoms with Crippen LogP contribution >= 0.6 is 22.6 Å². The van der Waals surface area contributed by atoms with Gasteiger partial charge in [0, 0.05) is 15.7 Å². The molecule has 0 aliphatic heterocycles. The number of alkyl halides is 2. The number of hydrogen-bond acceptors (Lipinski definition) is 2. The average Bonchev–Trinajstić information content (AvgIpc) is 2.07. The maximum absolute atomic E-state index is 12.2. The SMILES string of the molecule is NCc1cc(I)c(C(F)F)[nH]c1=O. The molecule has 13 heavy (non-hydrogen) atoms. The molecule has 0 amide bonds. The second kappa shape index (κ2) is 4.14. The van der Waals surface area contributed by atoms with Crippen molar-refractivity contribution in [3.8, 4) is 0 Å². The highest BCUT2D eigenvalue weighted by Gasteiger charge is 2.13. The number of nitrogens with one attached hydrogen (secondary N) is 1. The van der Waals surface area contributed by atoms with Crippen LogP contribution in [0.15, 0.2) is 10.9 Å². The Labute approximate surface area is 86.5 Å². The van der Waals surface area contributed by atoms with E-state index in [1.165, 1.54) is 6.07 Å². The summed E-state index contributed by atoms with van der Waals surface area (Å²) in [6.45, 7) is 0.0504. The Morgan fingerprint density at radius 3 is 2.69 bits per heavy atom. The van der Waals surface area contributed by atoms with Crippen LogP contribution in [0.3, 0.4) is 0 Å². The van der Waals surface area contributed by atoms with Crippen molar-refractivity contribution in [2.45, 2.75) is 13.0 Å². The van der Waals surface area contributed by atoms with Gasteiger partial charge in [-0.25, -0.2) is 8.78 Å². The Balaban J connectivity index is 3.29. The summed E-state index contributed by atoms with van der Waals surface area (Å²) in [5.41, 5.74) is 4.66. The predicted octanol–water partition coefficient (Wildman–Crippen LogP) is 1.38. The van der Waals surface area contributed by atoms with Crippen molar-refractivity contribution in [3.05, 3.63) is 31.2 Å². The summed E-state index contributed by atoms with van der Waals surface area (Å²) in [7, 11) is 0. The molecule has 6 heteroatoms. The van der Waals surface area contributed by atoms with Gasteiger partial charge in [0.15, 0.2) is 0 Å². The van der Waals surface area contributed by atoms with E-state index in [2.05, 4.69) is 4.98 Å². The maximum atomic E-state index is 12.2. The Kier molecular flexibility index (Phi) is 3.37. The minimum atomic E-state index is -2.66. The number of hydrogen-bond donors (Lipinski definition) is 2. The van der Waals surface area contributed by atoms with Crippen molar-refractivity contribution in [1.29, 1.82) is 0 Å². The number of nitrogens with two attached hydrogens (primary N) is 1. The summed E-state index contributed by atoms with van der Waals surface area (Å²) in [6.07, 6.45) is -2.66. The van der Waals surface area contributed by atoms with Crippen molar-refractivity contribution < 1.29 is 8.78 Å². The zero-order valence-corrected chi connectivity index (χ0v) is 8.64. The van der Waals surface area contributed by atoms with Gasteiger partial charge in [-0.2, -0.15) is 0 Å². The molecule has 0 saturated carbocycles. The summed E-state index contributed by atoms with van der Waals surface area (Å²) in [5.74, 6) is 0. The minimum absolute atomic E-state index is 0.0504. The first-order valence-electron chi connectivity index (χ1n) is 3.46. The fourth-order valence-electron chi connectivity index (χ4n) is 0.869. The van der Waals surface area contributed by atoms with Gasteiger partial charge < -0.3 is 10.7 Å². The molecule has 0 spiro atoms. The van der Waals surface area contributed by atoms with Crippen molar-refractivity contribution in [2.75, 3.05) is 0 Å². The van der Waals surface area contributed by atoms with Gasteiger partial charge in [-0.05, 0) is 28.7 Å². The van der Waals surface area contributed by atoms with Crippen molar-refractivity contribution in [1.82, 2.24) is 4.98 Å². The van der Waals surface area contributed by atoms with Gasteiger partial charge >= 0.3 is 0 Å². The molecule has 0 bridgehead atoms. The normalized spacial score (nSPS) is 10.8. The predicted molar refractivity (Wildman–Crippen MR) is 52.6 cm³/mol. The van der Waals surface area contributed by atoms with Gasteiger partial charge in [-0.1, -0.05) is 0 Å². The first-order chi connectivity index (χ1) is 6.06. The number of aromatic nitrogens is 1. The molecule has 0 aliphatic carbocycles. The standard InChI is InChI=1S/C7H7F2IN2O/c8-6(9)5-4(10)1-3(2-11)7(13)12-5/h1,6H,2,11H2,(H,12,13). The van der Waals surface area contributed by atoms with E-state index < -0.39 is 12.0 Å². The van der Waals surface area contributed by atoms with E-state index in [9.17, 15) is 13.6 Å². The molecule has 0 unspecified atom stereocenters. The fraction of sp³-hybridized carbons (Fsp3) is 0.286. The molecule has 3 N–H and O–H groups in total. The smallest absolute Gasteiger partial charge is 0.279 e. The zero-order chi connectivity index (χ0) is 10.0. The quantitative estimate of drug-likeness (QED) is 0.811. The maximum Gasteiger partial charge on any atom is 0.279 e. The second-order valence-corrected chi connectivity index (χ2v) is 3.55. The van der Waals surface area contributed by atoms with E-state index in [0.717, 1.165) is 0 Å². The van der Waals surface area contributed by atoms with Gasteiger partial charge in [0.2, 0.25) is 0 Å². The highest BCUT2D eigenvalue weighted by molar-refractivity contribution is 14.1. The van der Waals surface area contributed by atoms with Gasteiger partial charge in [0.1, 0.15) is 0 Å². The van der Waals surface area contributed by atoms with Gasteiger partial charge in [-0.3, -0.25) is 4.79 Å². The molecule has 0 aromatic carbocycles. The van der Waals surface area contributed by atoms with Crippen LogP contribution in [0.2, 0.25) is 0 Å². The van der Waals surface area contributed by atoms with Crippen LogP contribution < -0.4 is 11.3 Å². The molecule has 0 saturated heterocycles. The van der Waals surface area contributed by atoms with Crippen molar-refractivity contribution in [2.24, 2.45) is 5.73 Å². The lowest BCUT2D eigenvalue weighted by Crippen LogP contribution is -2.18. The fourth-order valence-corrected chi connectivity index (χ4v) is 1.62.